The van der Waals surface area contributed by atoms with Crippen molar-refractivity contribution in [1.82, 2.24) is 0 Å². The molecule has 6 nitrogen and oxygen atoms in total. The molecule has 0 bridgehead atoms. The smallest absolute Gasteiger partial charge is 0.306 e. The van der Waals surface area contributed by atoms with E-state index >= 15 is 0 Å². The molecule has 0 saturated carbocycles. The fraction of sp³-hybridized carbons (Fsp3) is 0.833. The van der Waals surface area contributed by atoms with Crippen LogP contribution >= 0.6 is 0 Å². The number of aliphatic hydroxyl groups is 1. The van der Waals surface area contributed by atoms with Gasteiger partial charge < -0.3 is 14.6 Å². The zero-order chi connectivity index (χ0) is 35.2. The van der Waals surface area contributed by atoms with Crippen LogP contribution in [0.25, 0.3) is 0 Å². The van der Waals surface area contributed by atoms with Gasteiger partial charge in [-0.1, -0.05) is 173 Å². The van der Waals surface area contributed by atoms with Gasteiger partial charge in [0, 0.05) is 19.3 Å². The van der Waals surface area contributed by atoms with Gasteiger partial charge in [-0.2, -0.15) is 0 Å². The maximum Gasteiger partial charge on any atom is 0.306 e. The van der Waals surface area contributed by atoms with E-state index in [4.69, 9.17) is 9.47 Å². The summed E-state index contributed by atoms with van der Waals surface area (Å²) in [6.45, 7) is 4.00. The third kappa shape index (κ3) is 35.4. The van der Waals surface area contributed by atoms with Crippen LogP contribution in [-0.2, 0) is 23.9 Å². The largest absolute Gasteiger partial charge is 0.462 e. The standard InChI is InChI=1S/C42H76O6/c1-3-5-7-9-11-12-13-14-15-16-17-18-19-20-21-23-27-31-35-41(45)47-38-40(37-43)48-42(46)36-32-28-24-26-30-34-39(44)33-29-25-22-10-8-6-4-2/h22,25,29,33,40,43H,3-21,23-24,26-28,30-32,34-38H2,1-2H3/b25-22-,33-29+/t40-/m0/s1. The molecule has 0 heterocycles. The fourth-order valence-corrected chi connectivity index (χ4v) is 5.83. The molecule has 6 heteroatoms. The van der Waals surface area contributed by atoms with Gasteiger partial charge in [0.2, 0.25) is 0 Å². The van der Waals surface area contributed by atoms with Crippen LogP contribution in [0.15, 0.2) is 24.3 Å². The van der Waals surface area contributed by atoms with E-state index in [1.807, 2.05) is 12.2 Å². The summed E-state index contributed by atoms with van der Waals surface area (Å²) >= 11 is 0. The second-order valence-electron chi connectivity index (χ2n) is 13.8. The van der Waals surface area contributed by atoms with Crippen LogP contribution in [0.4, 0.5) is 0 Å². The number of aliphatic hydroxyl groups excluding tert-OH is 1. The molecule has 0 amide bonds. The minimum atomic E-state index is -0.813. The van der Waals surface area contributed by atoms with Crippen molar-refractivity contribution in [3.8, 4) is 0 Å². The Morgan fingerprint density at radius 3 is 1.42 bits per heavy atom. The number of allylic oxidation sites excluding steroid dienone is 4. The predicted octanol–water partition coefficient (Wildman–Crippen LogP) is 11.9. The highest BCUT2D eigenvalue weighted by atomic mass is 16.6. The average Bonchev–Trinajstić information content (AvgIpc) is 3.08. The number of esters is 2. The van der Waals surface area contributed by atoms with Gasteiger partial charge in [-0.25, -0.2) is 0 Å². The first-order chi connectivity index (χ1) is 23.5. The average molecular weight is 677 g/mol. The van der Waals surface area contributed by atoms with E-state index in [0.29, 0.717) is 19.3 Å². The third-order valence-electron chi connectivity index (χ3n) is 8.97. The van der Waals surface area contributed by atoms with Crippen molar-refractivity contribution in [1.29, 1.82) is 0 Å². The summed E-state index contributed by atoms with van der Waals surface area (Å²) in [5.41, 5.74) is 0. The summed E-state index contributed by atoms with van der Waals surface area (Å²) in [6.07, 6.45) is 40.6. The molecule has 0 spiro atoms. The van der Waals surface area contributed by atoms with Gasteiger partial charge in [0.25, 0.3) is 0 Å². The normalized spacial score (nSPS) is 12.2. The number of ether oxygens (including phenoxy) is 2. The Bertz CT molecular complexity index is 789. The number of ketones is 1. The van der Waals surface area contributed by atoms with Crippen molar-refractivity contribution in [3.63, 3.8) is 0 Å². The Kier molecular flexibility index (Phi) is 36.3. The van der Waals surface area contributed by atoms with Gasteiger partial charge >= 0.3 is 11.9 Å². The summed E-state index contributed by atoms with van der Waals surface area (Å²) in [7, 11) is 0. The van der Waals surface area contributed by atoms with Crippen LogP contribution < -0.4 is 0 Å². The van der Waals surface area contributed by atoms with E-state index in [9.17, 15) is 19.5 Å². The summed E-state index contributed by atoms with van der Waals surface area (Å²) in [5.74, 6) is -0.520. The van der Waals surface area contributed by atoms with E-state index in [1.54, 1.807) is 6.08 Å². The molecule has 0 saturated heterocycles. The molecule has 1 atom stereocenters. The van der Waals surface area contributed by atoms with Crippen LogP contribution in [0.1, 0.15) is 206 Å². The summed E-state index contributed by atoms with van der Waals surface area (Å²) in [6, 6.07) is 0. The Morgan fingerprint density at radius 1 is 0.521 bits per heavy atom. The van der Waals surface area contributed by atoms with Crippen molar-refractivity contribution in [2.75, 3.05) is 13.2 Å². The Hall–Kier alpha value is -1.95. The van der Waals surface area contributed by atoms with Gasteiger partial charge in [-0.15, -0.1) is 0 Å². The maximum atomic E-state index is 12.2. The minimum absolute atomic E-state index is 0.1000. The van der Waals surface area contributed by atoms with Crippen LogP contribution in [-0.4, -0.2) is 42.1 Å². The third-order valence-corrected chi connectivity index (χ3v) is 8.97. The van der Waals surface area contributed by atoms with E-state index < -0.39 is 6.10 Å². The van der Waals surface area contributed by atoms with Gasteiger partial charge in [-0.05, 0) is 38.2 Å². The summed E-state index contributed by atoms with van der Waals surface area (Å²) < 4.78 is 10.6. The number of carbonyl (C=O) groups excluding carboxylic acids is 3. The van der Waals surface area contributed by atoms with Crippen LogP contribution in [0.2, 0.25) is 0 Å². The molecular weight excluding hydrogens is 600 g/mol. The van der Waals surface area contributed by atoms with Crippen molar-refractivity contribution >= 4 is 17.7 Å². The quantitative estimate of drug-likeness (QED) is 0.0305. The van der Waals surface area contributed by atoms with Gasteiger partial charge in [-0.3, -0.25) is 14.4 Å². The Morgan fingerprint density at radius 2 is 0.938 bits per heavy atom. The number of rotatable bonds is 37. The van der Waals surface area contributed by atoms with Crippen molar-refractivity contribution in [2.45, 2.75) is 213 Å². The van der Waals surface area contributed by atoms with E-state index in [1.165, 1.54) is 116 Å². The van der Waals surface area contributed by atoms with Gasteiger partial charge in [0.1, 0.15) is 6.61 Å². The molecule has 1 N–H and O–H groups in total. The number of hydrogen-bond acceptors (Lipinski definition) is 6. The topological polar surface area (TPSA) is 89.9 Å². The fourth-order valence-electron chi connectivity index (χ4n) is 5.83. The van der Waals surface area contributed by atoms with Crippen LogP contribution in [0.5, 0.6) is 0 Å². The lowest BCUT2D eigenvalue weighted by Crippen LogP contribution is -2.28. The molecule has 0 fully saturated rings. The number of hydrogen-bond donors (Lipinski definition) is 1. The number of carbonyl (C=O) groups is 3. The molecular formula is C42H76O6. The molecule has 0 radical (unpaired) electrons. The first-order valence-corrected chi connectivity index (χ1v) is 20.3. The van der Waals surface area contributed by atoms with Gasteiger partial charge in [0.05, 0.1) is 6.61 Å². The lowest BCUT2D eigenvalue weighted by Gasteiger charge is -2.15. The summed E-state index contributed by atoms with van der Waals surface area (Å²) in [5, 5.41) is 9.55. The monoisotopic (exact) mass is 677 g/mol. The van der Waals surface area contributed by atoms with Crippen LogP contribution in [0, 0.1) is 0 Å². The van der Waals surface area contributed by atoms with Gasteiger partial charge in [0.15, 0.2) is 11.9 Å². The highest BCUT2D eigenvalue weighted by Crippen LogP contribution is 2.15. The molecule has 0 aromatic carbocycles. The molecule has 0 aliphatic carbocycles. The first kappa shape index (κ1) is 46.0. The molecule has 0 aliphatic heterocycles. The molecule has 0 rings (SSSR count). The lowest BCUT2D eigenvalue weighted by atomic mass is 10.0. The molecule has 0 aromatic heterocycles. The predicted molar refractivity (Wildman–Crippen MR) is 201 cm³/mol. The minimum Gasteiger partial charge on any atom is -0.462 e. The van der Waals surface area contributed by atoms with Crippen LogP contribution in [0.3, 0.4) is 0 Å². The Labute approximate surface area is 296 Å². The second kappa shape index (κ2) is 37.9. The van der Waals surface area contributed by atoms with Crippen molar-refractivity contribution < 1.29 is 29.0 Å². The van der Waals surface area contributed by atoms with Crippen molar-refractivity contribution in [2.24, 2.45) is 0 Å². The molecule has 0 aromatic rings. The molecule has 48 heavy (non-hydrogen) atoms. The maximum absolute atomic E-state index is 12.2. The number of unbranched alkanes of at least 4 members (excludes halogenated alkanes) is 24. The van der Waals surface area contributed by atoms with Crippen molar-refractivity contribution in [3.05, 3.63) is 24.3 Å². The molecule has 0 aliphatic rings. The van der Waals surface area contributed by atoms with E-state index in [0.717, 1.165) is 51.4 Å². The highest BCUT2D eigenvalue weighted by molar-refractivity contribution is 5.89. The highest BCUT2D eigenvalue weighted by Gasteiger charge is 2.16. The lowest BCUT2D eigenvalue weighted by molar-refractivity contribution is -0.161. The Balaban J connectivity index is 3.59. The van der Waals surface area contributed by atoms with E-state index in [2.05, 4.69) is 19.9 Å². The zero-order valence-corrected chi connectivity index (χ0v) is 31.5. The molecule has 280 valence electrons. The SMILES string of the molecule is CCCCC/C=C\C=C\C(=O)CCCCCCCC(=O)O[C@@H](CO)COC(=O)CCCCCCCCCCCCCCCCCCCC. The first-order valence-electron chi connectivity index (χ1n) is 20.3. The summed E-state index contributed by atoms with van der Waals surface area (Å²) in [4.78, 5) is 36.2. The van der Waals surface area contributed by atoms with E-state index in [-0.39, 0.29) is 37.4 Å². The molecule has 0 unspecified atom stereocenters. The second-order valence-corrected chi connectivity index (χ2v) is 13.8. The zero-order valence-electron chi connectivity index (χ0n) is 31.5.